The van der Waals surface area contributed by atoms with Crippen LogP contribution in [0.4, 0.5) is 0 Å². The van der Waals surface area contributed by atoms with Gasteiger partial charge in [-0.1, -0.05) is 18.2 Å². The van der Waals surface area contributed by atoms with Crippen LogP contribution in [0, 0.1) is 0 Å². The second kappa shape index (κ2) is 8.82. The molecule has 5 nitrogen and oxygen atoms in total. The number of carbonyl (C=O) groups excluding carboxylic acids is 2. The Kier molecular flexibility index (Phi) is 8.01. The van der Waals surface area contributed by atoms with Crippen LogP contribution in [-0.4, -0.2) is 39.8 Å². The number of nitrogens with one attached hydrogen (secondary N) is 1. The minimum atomic E-state index is -0.694. The number of amides is 1. The van der Waals surface area contributed by atoms with Crippen molar-refractivity contribution in [2.45, 2.75) is 12.7 Å². The Labute approximate surface area is 95.1 Å². The van der Waals surface area contributed by atoms with Gasteiger partial charge in [0.15, 0.2) is 6.29 Å². The third kappa shape index (κ3) is 5.43. The highest BCUT2D eigenvalue weighted by Crippen LogP contribution is 2.08. The molecule has 0 radical (unpaired) electrons. The third-order valence-corrected chi connectivity index (χ3v) is 1.87. The van der Waals surface area contributed by atoms with Crippen molar-refractivity contribution in [3.05, 3.63) is 23.8 Å². The average Bonchev–Trinajstić information content (AvgIpc) is 2.85. The summed E-state index contributed by atoms with van der Waals surface area (Å²) >= 11 is 0. The quantitative estimate of drug-likeness (QED) is 0.558. The summed E-state index contributed by atoms with van der Waals surface area (Å²) in [6.07, 6.45) is 6.35. The molecular formula is C11H17NO4. The van der Waals surface area contributed by atoms with E-state index < -0.39 is 6.29 Å². The van der Waals surface area contributed by atoms with Gasteiger partial charge in [-0.15, -0.1) is 0 Å². The van der Waals surface area contributed by atoms with Crippen molar-refractivity contribution in [2.75, 3.05) is 21.3 Å². The number of rotatable bonds is 4. The summed E-state index contributed by atoms with van der Waals surface area (Å²) in [7, 11) is 4.45. The predicted octanol–water partition coefficient (Wildman–Crippen LogP) is 0.423. The monoisotopic (exact) mass is 227 g/mol. The van der Waals surface area contributed by atoms with Gasteiger partial charge in [-0.2, -0.15) is 0 Å². The van der Waals surface area contributed by atoms with Gasteiger partial charge in [0.05, 0.1) is 0 Å². The maximum absolute atomic E-state index is 10.8. The number of hydrogen-bond acceptors (Lipinski definition) is 4. The van der Waals surface area contributed by atoms with Crippen LogP contribution in [0.25, 0.3) is 0 Å². The molecule has 1 aliphatic carbocycles. The molecule has 0 bridgehead atoms. The number of carbonyl (C=O) groups is 2. The fraction of sp³-hybridized carbons (Fsp3) is 0.455. The Morgan fingerprint density at radius 1 is 1.50 bits per heavy atom. The van der Waals surface area contributed by atoms with Crippen molar-refractivity contribution in [3.8, 4) is 0 Å². The van der Waals surface area contributed by atoms with Crippen LogP contribution in [0.2, 0.25) is 0 Å². The summed E-state index contributed by atoms with van der Waals surface area (Å²) in [5, 5.41) is 2.56. The summed E-state index contributed by atoms with van der Waals surface area (Å²) in [6.45, 7) is 0. The van der Waals surface area contributed by atoms with E-state index in [2.05, 4.69) is 14.8 Å². The summed E-state index contributed by atoms with van der Waals surface area (Å²) in [6, 6.07) is 0. The van der Waals surface area contributed by atoms with E-state index >= 15 is 0 Å². The van der Waals surface area contributed by atoms with E-state index in [9.17, 15) is 9.59 Å². The fourth-order valence-corrected chi connectivity index (χ4v) is 0.984. The molecule has 0 unspecified atom stereocenters. The smallest absolute Gasteiger partial charge is 0.247 e. The maximum atomic E-state index is 10.8. The number of aldehydes is 1. The molecule has 0 saturated heterocycles. The molecule has 1 N–H and O–H groups in total. The highest BCUT2D eigenvalue weighted by atomic mass is 16.7. The maximum Gasteiger partial charge on any atom is 0.247 e. The minimum absolute atomic E-state index is 0.0278. The van der Waals surface area contributed by atoms with Crippen LogP contribution in [0.15, 0.2) is 23.8 Å². The van der Waals surface area contributed by atoms with E-state index in [-0.39, 0.29) is 5.91 Å². The van der Waals surface area contributed by atoms with E-state index in [1.165, 1.54) is 14.2 Å². The largest absolute Gasteiger partial charge is 0.355 e. The standard InChI is InChI=1S/C7H9NO.C4H8O3/c1-8-7(9)6-4-2-3-5-6;1-6-4(3-5)7-2/h2-4H,5H2,1H3,(H,8,9);3-4H,1-2H3. The van der Waals surface area contributed by atoms with Gasteiger partial charge in [0.1, 0.15) is 0 Å². The van der Waals surface area contributed by atoms with Crippen LogP contribution in [0.1, 0.15) is 6.42 Å². The van der Waals surface area contributed by atoms with Gasteiger partial charge in [0, 0.05) is 26.8 Å². The van der Waals surface area contributed by atoms with E-state index in [1.807, 2.05) is 18.2 Å². The molecule has 0 aromatic carbocycles. The lowest BCUT2D eigenvalue weighted by Gasteiger charge is -2.01. The molecule has 0 fully saturated rings. The van der Waals surface area contributed by atoms with Crippen molar-refractivity contribution < 1.29 is 19.1 Å². The van der Waals surface area contributed by atoms with Crippen LogP contribution in [-0.2, 0) is 19.1 Å². The van der Waals surface area contributed by atoms with E-state index in [4.69, 9.17) is 0 Å². The van der Waals surface area contributed by atoms with Gasteiger partial charge >= 0.3 is 0 Å². The SMILES string of the molecule is CNC(=O)C1=CC=CC1.COC(C=O)OC. The normalized spacial score (nSPS) is 12.9. The number of ether oxygens (including phenoxy) is 2. The molecule has 5 heteroatoms. The van der Waals surface area contributed by atoms with Crippen molar-refractivity contribution >= 4 is 12.2 Å². The Balaban J connectivity index is 0.000000293. The number of methoxy groups -OCH3 is 2. The number of likely N-dealkylation sites (N-methyl/N-ethyl adjacent to an activating group) is 1. The first-order chi connectivity index (χ1) is 7.69. The van der Waals surface area contributed by atoms with Gasteiger partial charge in [-0.25, -0.2) is 0 Å². The Hall–Kier alpha value is -1.46. The number of allylic oxidation sites excluding steroid dienone is 3. The van der Waals surface area contributed by atoms with Crippen LogP contribution in [0.5, 0.6) is 0 Å². The van der Waals surface area contributed by atoms with Crippen molar-refractivity contribution in [1.29, 1.82) is 0 Å². The molecule has 0 aromatic rings. The van der Waals surface area contributed by atoms with Crippen LogP contribution < -0.4 is 5.32 Å². The minimum Gasteiger partial charge on any atom is -0.355 e. The molecular weight excluding hydrogens is 210 g/mol. The zero-order valence-corrected chi connectivity index (χ0v) is 9.73. The number of hydrogen-bond donors (Lipinski definition) is 1. The summed E-state index contributed by atoms with van der Waals surface area (Å²) in [5.74, 6) is 0.0278. The van der Waals surface area contributed by atoms with Gasteiger partial charge < -0.3 is 14.8 Å². The van der Waals surface area contributed by atoms with E-state index in [0.717, 1.165) is 12.0 Å². The van der Waals surface area contributed by atoms with Gasteiger partial charge in [0.2, 0.25) is 12.2 Å². The van der Waals surface area contributed by atoms with Crippen molar-refractivity contribution in [3.63, 3.8) is 0 Å². The molecule has 1 rings (SSSR count). The lowest BCUT2D eigenvalue weighted by molar-refractivity contribution is -0.143. The van der Waals surface area contributed by atoms with E-state index in [0.29, 0.717) is 6.29 Å². The fourth-order valence-electron chi connectivity index (χ4n) is 0.984. The lowest BCUT2D eigenvalue weighted by Crippen LogP contribution is -2.18. The Morgan fingerprint density at radius 2 is 2.12 bits per heavy atom. The molecule has 0 spiro atoms. The highest BCUT2D eigenvalue weighted by molar-refractivity contribution is 5.94. The van der Waals surface area contributed by atoms with Gasteiger partial charge in [-0.05, 0) is 6.42 Å². The molecule has 0 heterocycles. The van der Waals surface area contributed by atoms with Crippen LogP contribution >= 0.6 is 0 Å². The first kappa shape index (κ1) is 14.5. The molecule has 0 saturated carbocycles. The summed E-state index contributed by atoms with van der Waals surface area (Å²) < 4.78 is 8.92. The molecule has 90 valence electrons. The molecule has 0 aliphatic heterocycles. The highest BCUT2D eigenvalue weighted by Gasteiger charge is 2.05. The second-order valence-electron chi connectivity index (χ2n) is 2.88. The van der Waals surface area contributed by atoms with Gasteiger partial charge in [-0.3, -0.25) is 9.59 Å². The predicted molar refractivity (Wildman–Crippen MR) is 59.8 cm³/mol. The zero-order chi connectivity index (χ0) is 12.4. The molecule has 0 atom stereocenters. The Morgan fingerprint density at radius 3 is 2.38 bits per heavy atom. The Bertz CT molecular complexity index is 280. The molecule has 0 aromatic heterocycles. The topological polar surface area (TPSA) is 64.6 Å². The van der Waals surface area contributed by atoms with Crippen molar-refractivity contribution in [2.24, 2.45) is 0 Å². The average molecular weight is 227 g/mol. The molecule has 1 amide bonds. The van der Waals surface area contributed by atoms with Crippen LogP contribution in [0.3, 0.4) is 0 Å². The molecule has 1 aliphatic rings. The second-order valence-corrected chi connectivity index (χ2v) is 2.88. The first-order valence-electron chi connectivity index (χ1n) is 4.78. The molecule has 16 heavy (non-hydrogen) atoms. The summed E-state index contributed by atoms with van der Waals surface area (Å²) in [4.78, 5) is 20.5. The van der Waals surface area contributed by atoms with E-state index in [1.54, 1.807) is 7.05 Å². The lowest BCUT2D eigenvalue weighted by atomic mass is 10.2. The van der Waals surface area contributed by atoms with Gasteiger partial charge in [0.25, 0.3) is 0 Å². The first-order valence-corrected chi connectivity index (χ1v) is 4.78. The zero-order valence-electron chi connectivity index (χ0n) is 9.73. The summed E-state index contributed by atoms with van der Waals surface area (Å²) in [5.41, 5.74) is 0.845. The van der Waals surface area contributed by atoms with Crippen molar-refractivity contribution in [1.82, 2.24) is 5.32 Å². The third-order valence-electron chi connectivity index (χ3n) is 1.87.